The molecular formula is C14H22FNO2. The van der Waals surface area contributed by atoms with Gasteiger partial charge < -0.3 is 14.7 Å². The highest BCUT2D eigenvalue weighted by Gasteiger charge is 2.15. The van der Waals surface area contributed by atoms with Gasteiger partial charge in [0.25, 0.3) is 0 Å². The highest BCUT2D eigenvalue weighted by molar-refractivity contribution is 5.50. The Kier molecular flexibility index (Phi) is 5.56. The Morgan fingerprint density at radius 1 is 1.33 bits per heavy atom. The van der Waals surface area contributed by atoms with Gasteiger partial charge in [-0.3, -0.25) is 0 Å². The summed E-state index contributed by atoms with van der Waals surface area (Å²) < 4.78 is 19.1. The maximum atomic E-state index is 14.1. The van der Waals surface area contributed by atoms with E-state index in [0.29, 0.717) is 24.4 Å². The van der Waals surface area contributed by atoms with Crippen LogP contribution in [0.25, 0.3) is 0 Å². The van der Waals surface area contributed by atoms with Crippen molar-refractivity contribution in [3.8, 4) is 0 Å². The van der Waals surface area contributed by atoms with Crippen LogP contribution in [0.4, 0.5) is 10.1 Å². The van der Waals surface area contributed by atoms with E-state index in [1.54, 1.807) is 26.2 Å². The number of benzene rings is 1. The third-order valence-electron chi connectivity index (χ3n) is 2.92. The van der Waals surface area contributed by atoms with Crippen LogP contribution in [-0.2, 0) is 4.74 Å². The summed E-state index contributed by atoms with van der Waals surface area (Å²) >= 11 is 0. The molecule has 0 radical (unpaired) electrons. The second kappa shape index (κ2) is 6.71. The average Bonchev–Trinajstić information content (AvgIpc) is 2.30. The Morgan fingerprint density at radius 3 is 2.44 bits per heavy atom. The van der Waals surface area contributed by atoms with E-state index in [1.807, 2.05) is 18.7 Å². The van der Waals surface area contributed by atoms with Crippen molar-refractivity contribution >= 4 is 5.69 Å². The molecule has 1 rings (SSSR count). The van der Waals surface area contributed by atoms with E-state index in [-0.39, 0.29) is 11.9 Å². The average molecular weight is 255 g/mol. The summed E-state index contributed by atoms with van der Waals surface area (Å²) in [5.41, 5.74) is 1.14. The molecule has 0 spiro atoms. The van der Waals surface area contributed by atoms with Gasteiger partial charge in [0.15, 0.2) is 0 Å². The largest absolute Gasteiger partial charge is 0.389 e. The van der Waals surface area contributed by atoms with E-state index in [4.69, 9.17) is 4.74 Å². The van der Waals surface area contributed by atoms with E-state index < -0.39 is 6.10 Å². The van der Waals surface area contributed by atoms with Gasteiger partial charge in [-0.15, -0.1) is 0 Å². The third-order valence-corrected chi connectivity index (χ3v) is 2.92. The molecule has 3 nitrogen and oxygen atoms in total. The summed E-state index contributed by atoms with van der Waals surface area (Å²) in [6.07, 6.45) is -0.653. The number of methoxy groups -OCH3 is 1. The SMILES string of the molecule is COCCN(c1ccc(C(C)O)cc1F)C(C)C. The fourth-order valence-corrected chi connectivity index (χ4v) is 1.86. The van der Waals surface area contributed by atoms with Crippen LogP contribution in [0.15, 0.2) is 18.2 Å². The van der Waals surface area contributed by atoms with E-state index in [1.165, 1.54) is 6.07 Å². The smallest absolute Gasteiger partial charge is 0.146 e. The van der Waals surface area contributed by atoms with Gasteiger partial charge in [0, 0.05) is 19.7 Å². The van der Waals surface area contributed by atoms with Crippen molar-refractivity contribution in [2.45, 2.75) is 32.9 Å². The highest BCUT2D eigenvalue weighted by Crippen LogP contribution is 2.24. The molecule has 1 aromatic carbocycles. The lowest BCUT2D eigenvalue weighted by Gasteiger charge is -2.29. The molecule has 0 aliphatic heterocycles. The zero-order valence-corrected chi connectivity index (χ0v) is 11.5. The maximum Gasteiger partial charge on any atom is 0.146 e. The van der Waals surface area contributed by atoms with Crippen molar-refractivity contribution in [3.63, 3.8) is 0 Å². The molecule has 0 fully saturated rings. The molecule has 0 bridgehead atoms. The Labute approximate surface area is 108 Å². The van der Waals surface area contributed by atoms with Gasteiger partial charge in [0.2, 0.25) is 0 Å². The van der Waals surface area contributed by atoms with Crippen LogP contribution in [-0.4, -0.2) is 31.4 Å². The van der Waals surface area contributed by atoms with Crippen LogP contribution < -0.4 is 4.90 Å². The van der Waals surface area contributed by atoms with Crippen molar-refractivity contribution in [2.75, 3.05) is 25.2 Å². The molecule has 18 heavy (non-hydrogen) atoms. The number of hydrogen-bond donors (Lipinski definition) is 1. The molecule has 0 saturated heterocycles. The van der Waals surface area contributed by atoms with Crippen molar-refractivity contribution in [2.24, 2.45) is 0 Å². The lowest BCUT2D eigenvalue weighted by molar-refractivity contribution is 0.198. The molecule has 4 heteroatoms. The number of rotatable bonds is 6. The van der Waals surface area contributed by atoms with Crippen LogP contribution >= 0.6 is 0 Å². The molecule has 0 aromatic heterocycles. The number of halogens is 1. The minimum Gasteiger partial charge on any atom is -0.389 e. The second-order valence-electron chi connectivity index (χ2n) is 4.67. The maximum absolute atomic E-state index is 14.1. The standard InChI is InChI=1S/C14H22FNO2/c1-10(2)16(7-8-18-4)14-6-5-12(11(3)17)9-13(14)15/h5-6,9-11,17H,7-8H2,1-4H3. The van der Waals surface area contributed by atoms with Gasteiger partial charge in [-0.1, -0.05) is 6.07 Å². The first-order valence-electron chi connectivity index (χ1n) is 6.20. The Balaban J connectivity index is 2.98. The van der Waals surface area contributed by atoms with Crippen LogP contribution in [0.5, 0.6) is 0 Å². The summed E-state index contributed by atoms with van der Waals surface area (Å²) in [7, 11) is 1.63. The summed E-state index contributed by atoms with van der Waals surface area (Å²) in [5.74, 6) is -0.307. The molecule has 1 unspecified atom stereocenters. The fraction of sp³-hybridized carbons (Fsp3) is 0.571. The Hall–Kier alpha value is -1.13. The fourth-order valence-electron chi connectivity index (χ4n) is 1.86. The predicted octanol–water partition coefficient (Wildman–Crippen LogP) is 2.74. The third kappa shape index (κ3) is 3.68. The molecule has 0 amide bonds. The van der Waals surface area contributed by atoms with E-state index >= 15 is 0 Å². The quantitative estimate of drug-likeness (QED) is 0.848. The molecule has 0 aliphatic carbocycles. The normalized spacial score (nSPS) is 12.8. The first kappa shape index (κ1) is 14.9. The molecule has 0 saturated carbocycles. The first-order chi connectivity index (χ1) is 8.47. The summed E-state index contributed by atoms with van der Waals surface area (Å²) in [4.78, 5) is 1.95. The van der Waals surface area contributed by atoms with Gasteiger partial charge in [-0.05, 0) is 38.5 Å². The number of aliphatic hydroxyl groups is 1. The van der Waals surface area contributed by atoms with E-state index in [2.05, 4.69) is 0 Å². The minimum absolute atomic E-state index is 0.187. The molecule has 0 aliphatic rings. The van der Waals surface area contributed by atoms with Crippen LogP contribution in [0.1, 0.15) is 32.4 Å². The van der Waals surface area contributed by atoms with Gasteiger partial charge in [0.1, 0.15) is 5.82 Å². The topological polar surface area (TPSA) is 32.7 Å². The van der Waals surface area contributed by atoms with E-state index in [0.717, 1.165) is 0 Å². The summed E-state index contributed by atoms with van der Waals surface area (Å²) in [6.45, 7) is 6.84. The number of ether oxygens (including phenoxy) is 1. The lowest BCUT2D eigenvalue weighted by atomic mass is 10.1. The van der Waals surface area contributed by atoms with Crippen molar-refractivity contribution < 1.29 is 14.2 Å². The molecular weight excluding hydrogens is 233 g/mol. The van der Waals surface area contributed by atoms with Crippen LogP contribution in [0.3, 0.4) is 0 Å². The number of nitrogens with zero attached hydrogens (tertiary/aromatic N) is 1. The Morgan fingerprint density at radius 2 is 2.00 bits per heavy atom. The monoisotopic (exact) mass is 255 g/mol. The number of anilines is 1. The van der Waals surface area contributed by atoms with Gasteiger partial charge in [-0.25, -0.2) is 4.39 Å². The van der Waals surface area contributed by atoms with Crippen molar-refractivity contribution in [3.05, 3.63) is 29.6 Å². The molecule has 1 aromatic rings. The van der Waals surface area contributed by atoms with Crippen molar-refractivity contribution in [1.82, 2.24) is 0 Å². The second-order valence-corrected chi connectivity index (χ2v) is 4.67. The zero-order valence-electron chi connectivity index (χ0n) is 11.5. The Bertz CT molecular complexity index is 380. The van der Waals surface area contributed by atoms with Crippen LogP contribution in [0.2, 0.25) is 0 Å². The zero-order chi connectivity index (χ0) is 13.7. The first-order valence-corrected chi connectivity index (χ1v) is 6.20. The van der Waals surface area contributed by atoms with E-state index in [9.17, 15) is 9.50 Å². The minimum atomic E-state index is -0.653. The van der Waals surface area contributed by atoms with Gasteiger partial charge in [-0.2, -0.15) is 0 Å². The van der Waals surface area contributed by atoms with Gasteiger partial charge >= 0.3 is 0 Å². The predicted molar refractivity (Wildman–Crippen MR) is 71.4 cm³/mol. The number of hydrogen-bond acceptors (Lipinski definition) is 3. The molecule has 0 heterocycles. The molecule has 1 atom stereocenters. The molecule has 102 valence electrons. The van der Waals surface area contributed by atoms with Crippen molar-refractivity contribution in [1.29, 1.82) is 0 Å². The van der Waals surface area contributed by atoms with Crippen LogP contribution in [0, 0.1) is 5.82 Å². The lowest BCUT2D eigenvalue weighted by Crippen LogP contribution is -2.34. The number of aliphatic hydroxyl groups excluding tert-OH is 1. The van der Waals surface area contributed by atoms with Gasteiger partial charge in [0.05, 0.1) is 18.4 Å². The summed E-state index contributed by atoms with van der Waals surface area (Å²) in [5, 5.41) is 9.43. The summed E-state index contributed by atoms with van der Waals surface area (Å²) in [6, 6.07) is 5.05. The highest BCUT2D eigenvalue weighted by atomic mass is 19.1. The molecule has 1 N–H and O–H groups in total.